The second-order valence-corrected chi connectivity index (χ2v) is 0.316. The summed E-state index contributed by atoms with van der Waals surface area (Å²) in [6.07, 6.45) is 0. The Labute approximate surface area is 51.7 Å². The molecule has 0 radical (unpaired) electrons. The summed E-state index contributed by atoms with van der Waals surface area (Å²) in [5, 5.41) is 7.57. The van der Waals surface area contributed by atoms with Gasteiger partial charge < -0.3 is 5.11 Å². The maximum absolute atomic E-state index is 7.57. The Kier molecular flexibility index (Phi) is 36.1. The molecule has 29 valence electrons. The molecule has 0 bridgehead atoms. The zero-order chi connectivity index (χ0) is 4.71. The number of hydrogen-bond acceptors (Lipinski definition) is 1. The predicted molar refractivity (Wildman–Crippen MR) is 18.6 cm³/mol. The molecule has 3 heteroatoms. The van der Waals surface area contributed by atoms with Crippen LogP contribution in [-0.4, -0.2) is 11.7 Å². The molecule has 0 aliphatic heterocycles. The summed E-state index contributed by atoms with van der Waals surface area (Å²) in [5.74, 6) is 0. The Balaban J connectivity index is 0. The van der Waals surface area contributed by atoms with Crippen LogP contribution in [0.1, 0.15) is 6.92 Å². The van der Waals surface area contributed by atoms with Gasteiger partial charge in [-0.2, -0.15) is 0 Å². The van der Waals surface area contributed by atoms with Crippen LogP contribution >= 0.6 is 8.25 Å². The fourth-order valence-corrected chi connectivity index (χ4v) is 0. The molecule has 0 aliphatic carbocycles. The van der Waals surface area contributed by atoms with Crippen molar-refractivity contribution in [3.63, 3.8) is 0 Å². The average molecular weight is 282 g/mol. The van der Waals surface area contributed by atoms with Gasteiger partial charge in [0.05, 0.1) is 0 Å². The van der Waals surface area contributed by atoms with Crippen molar-refractivity contribution in [3.8, 4) is 0 Å². The third-order valence-corrected chi connectivity index (χ3v) is 0. The first-order valence-corrected chi connectivity index (χ1v) is 8.06. The zero-order valence-corrected chi connectivity index (χ0v) is 9.49. The van der Waals surface area contributed by atoms with E-state index in [1.54, 1.807) is 6.92 Å². The first-order chi connectivity index (χ1) is 2.41. The summed E-state index contributed by atoms with van der Waals surface area (Å²) in [6, 6.07) is 0. The van der Waals surface area contributed by atoms with Crippen molar-refractivity contribution >= 4 is 8.25 Å². The number of aliphatic hydroxyl groups is 1. The molecule has 1 nitrogen and oxygen atoms in total. The van der Waals surface area contributed by atoms with Crippen molar-refractivity contribution < 1.29 is 30.0 Å². The molecule has 0 fully saturated rings. The summed E-state index contributed by atoms with van der Waals surface area (Å²) in [4.78, 5) is 0. The first-order valence-electron chi connectivity index (χ1n) is 1.29. The van der Waals surface area contributed by atoms with Gasteiger partial charge in [0.15, 0.2) is 0 Å². The number of hydrogen-bond donors (Lipinski definition) is 1. The molecule has 0 aliphatic rings. The number of aliphatic hydroxyl groups excluding tert-OH is 1. The standard InChI is InChI=1S/C2H6O.ClH.Hg/c1-2-3;;/h3H,2H2,1H3;1H;/q;;+1/p-1. The second-order valence-electron chi connectivity index (χ2n) is 0.316. The van der Waals surface area contributed by atoms with E-state index in [0.717, 1.165) is 0 Å². The Bertz CT molecular complexity index is 9.61. The van der Waals surface area contributed by atoms with Crippen LogP contribution in [-0.2, 0) is 24.9 Å². The van der Waals surface area contributed by atoms with E-state index in [0.29, 0.717) is 24.9 Å². The van der Waals surface area contributed by atoms with E-state index in [9.17, 15) is 0 Å². The molecule has 0 aromatic heterocycles. The molecule has 0 rings (SSSR count). The van der Waals surface area contributed by atoms with Gasteiger partial charge in [-0.25, -0.2) is 0 Å². The molecule has 5 heavy (non-hydrogen) atoms. The summed E-state index contributed by atoms with van der Waals surface area (Å²) >= 11 is 0.500. The van der Waals surface area contributed by atoms with E-state index in [2.05, 4.69) is 0 Å². The van der Waals surface area contributed by atoms with Gasteiger partial charge in [-0.15, -0.1) is 0 Å². The predicted octanol–water partition coefficient (Wildman–Crippen LogP) is 0.686. The average Bonchev–Trinajstić information content (AvgIpc) is 1.46. The summed E-state index contributed by atoms with van der Waals surface area (Å²) in [7, 11) is 4.83. The number of halogens is 1. The van der Waals surface area contributed by atoms with E-state index in [1.165, 1.54) is 0 Å². The Morgan fingerprint density at radius 1 is 1.80 bits per heavy atom. The van der Waals surface area contributed by atoms with Crippen LogP contribution in [0.3, 0.4) is 0 Å². The van der Waals surface area contributed by atoms with E-state index < -0.39 is 0 Å². The van der Waals surface area contributed by atoms with Crippen LogP contribution in [0.4, 0.5) is 0 Å². The maximum atomic E-state index is 7.57. The Morgan fingerprint density at radius 3 is 1.80 bits per heavy atom. The van der Waals surface area contributed by atoms with Crippen molar-refractivity contribution in [2.24, 2.45) is 0 Å². The van der Waals surface area contributed by atoms with Gasteiger partial charge in [-0.3, -0.25) is 0 Å². The topological polar surface area (TPSA) is 20.2 Å². The fourth-order valence-electron chi connectivity index (χ4n) is 0. The van der Waals surface area contributed by atoms with Crippen LogP contribution in [0.25, 0.3) is 0 Å². The normalized spacial score (nSPS) is 5.00. The molecule has 0 saturated heterocycles. The van der Waals surface area contributed by atoms with E-state index >= 15 is 0 Å². The van der Waals surface area contributed by atoms with E-state index in [1.807, 2.05) is 0 Å². The minimum atomic E-state index is 0.250. The van der Waals surface area contributed by atoms with Crippen molar-refractivity contribution in [1.29, 1.82) is 0 Å². The van der Waals surface area contributed by atoms with Crippen LogP contribution in [0, 0.1) is 0 Å². The monoisotopic (exact) mass is 283 g/mol. The Morgan fingerprint density at radius 2 is 1.80 bits per heavy atom. The van der Waals surface area contributed by atoms with Gasteiger partial charge >= 0.3 is 33.1 Å². The van der Waals surface area contributed by atoms with Gasteiger partial charge in [0.1, 0.15) is 0 Å². The molecule has 0 aromatic rings. The van der Waals surface area contributed by atoms with Gasteiger partial charge in [-0.05, 0) is 6.92 Å². The summed E-state index contributed by atoms with van der Waals surface area (Å²) < 4.78 is 0. The molecule has 0 heterocycles. The van der Waals surface area contributed by atoms with Gasteiger partial charge in [0, 0.05) is 6.61 Å². The fraction of sp³-hybridized carbons (Fsp3) is 1.00. The van der Waals surface area contributed by atoms with Crippen LogP contribution in [0.15, 0.2) is 0 Å². The molecule has 0 atom stereocenters. The van der Waals surface area contributed by atoms with E-state index in [-0.39, 0.29) is 6.61 Å². The molecule has 1 N–H and O–H groups in total. The van der Waals surface area contributed by atoms with Crippen molar-refractivity contribution in [1.82, 2.24) is 0 Å². The van der Waals surface area contributed by atoms with E-state index in [4.69, 9.17) is 13.4 Å². The molecule has 0 spiro atoms. The molecule has 0 saturated carbocycles. The van der Waals surface area contributed by atoms with Crippen molar-refractivity contribution in [3.05, 3.63) is 0 Å². The van der Waals surface area contributed by atoms with Crippen LogP contribution < -0.4 is 0 Å². The van der Waals surface area contributed by atoms with Crippen molar-refractivity contribution in [2.75, 3.05) is 6.61 Å². The molecule has 0 unspecified atom stereocenters. The van der Waals surface area contributed by atoms with Gasteiger partial charge in [-0.1, -0.05) is 0 Å². The molecule has 0 amide bonds. The Hall–Kier alpha value is 1.19. The zero-order valence-electron chi connectivity index (χ0n) is 3.24. The molecular weight excluding hydrogens is 276 g/mol. The quantitative estimate of drug-likeness (QED) is 0.648. The minimum absolute atomic E-state index is 0.250. The third-order valence-electron chi connectivity index (χ3n) is 0. The summed E-state index contributed by atoms with van der Waals surface area (Å²) in [5.41, 5.74) is 0. The second kappa shape index (κ2) is 19.0. The number of rotatable bonds is 0. The van der Waals surface area contributed by atoms with Crippen LogP contribution in [0.5, 0.6) is 0 Å². The summed E-state index contributed by atoms with van der Waals surface area (Å²) in [6.45, 7) is 1.93. The van der Waals surface area contributed by atoms with Crippen molar-refractivity contribution in [2.45, 2.75) is 6.92 Å². The van der Waals surface area contributed by atoms with Crippen LogP contribution in [0.2, 0.25) is 0 Å². The molecule has 0 aromatic carbocycles. The van der Waals surface area contributed by atoms with Gasteiger partial charge in [0.25, 0.3) is 0 Å². The van der Waals surface area contributed by atoms with Gasteiger partial charge in [0.2, 0.25) is 0 Å². The molecular formula is C2H6ClHgO. The first kappa shape index (κ1) is 9.49. The third kappa shape index (κ3) is 37.5. The SMILES string of the molecule is CCO.[Cl][Hg].